The largest absolute Gasteiger partial charge is 0.371 e. The molecule has 1 saturated carbocycles. The van der Waals surface area contributed by atoms with Crippen molar-refractivity contribution in [2.75, 3.05) is 18.8 Å². The third-order valence-electron chi connectivity index (χ3n) is 5.34. The minimum atomic E-state index is -0.00951. The summed E-state index contributed by atoms with van der Waals surface area (Å²) in [5.41, 5.74) is 1.41. The molecule has 4 heterocycles. The lowest BCUT2D eigenvalue weighted by Crippen LogP contribution is -2.60. The Hall–Kier alpha value is -1.86. The van der Waals surface area contributed by atoms with Crippen LogP contribution in [0.4, 0.5) is 0 Å². The van der Waals surface area contributed by atoms with E-state index in [1.807, 2.05) is 40.9 Å². The van der Waals surface area contributed by atoms with E-state index in [0.29, 0.717) is 18.2 Å². The van der Waals surface area contributed by atoms with E-state index in [-0.39, 0.29) is 16.8 Å². The molecule has 1 atom stereocenters. The lowest BCUT2D eigenvalue weighted by molar-refractivity contribution is 0.0241. The van der Waals surface area contributed by atoms with Gasteiger partial charge in [0.15, 0.2) is 5.69 Å². The zero-order chi connectivity index (χ0) is 17.6. The number of amides is 1. The first-order valence-corrected chi connectivity index (χ1v) is 10.1. The molecule has 0 aromatic carbocycles. The maximum atomic E-state index is 12.6. The third-order valence-corrected chi connectivity index (χ3v) is 6.92. The molecule has 1 amide bonds. The Bertz CT molecular complexity index is 799. The first-order valence-electron chi connectivity index (χ1n) is 9.12. The quantitative estimate of drug-likeness (QED) is 0.805. The number of carbonyl (C=O) groups is 1. The van der Waals surface area contributed by atoms with E-state index >= 15 is 0 Å². The molecule has 3 aliphatic rings. The molecule has 136 valence electrons. The summed E-state index contributed by atoms with van der Waals surface area (Å²) in [4.78, 5) is 18.7. The number of carbonyl (C=O) groups excluding carboxylic acids is 1. The standard InChI is InChI=1S/C19H21N3O3S/c23-18(16-7-17(25-21-16)13-4-5-13)22-11-19(12-22)8-15(10-26-19)24-9-14-3-1-2-6-20-14/h1-3,6-7,13,15H,4-5,8-12H2/t15-/m0/s1. The van der Waals surface area contributed by atoms with E-state index in [1.54, 1.807) is 6.20 Å². The van der Waals surface area contributed by atoms with E-state index < -0.39 is 0 Å². The Morgan fingerprint density at radius 1 is 1.38 bits per heavy atom. The topological polar surface area (TPSA) is 68.5 Å². The van der Waals surface area contributed by atoms with Crippen LogP contribution in [0.5, 0.6) is 0 Å². The number of hydrogen-bond donors (Lipinski definition) is 0. The molecule has 5 rings (SSSR count). The van der Waals surface area contributed by atoms with Crippen LogP contribution in [0.3, 0.4) is 0 Å². The summed E-state index contributed by atoms with van der Waals surface area (Å²) in [5.74, 6) is 2.31. The van der Waals surface area contributed by atoms with Gasteiger partial charge in [-0.05, 0) is 31.4 Å². The van der Waals surface area contributed by atoms with Crippen LogP contribution < -0.4 is 0 Å². The molecule has 0 radical (unpaired) electrons. The molecule has 0 unspecified atom stereocenters. The lowest BCUT2D eigenvalue weighted by atomic mass is 9.92. The number of rotatable bonds is 5. The van der Waals surface area contributed by atoms with Crippen molar-refractivity contribution >= 4 is 17.7 Å². The van der Waals surface area contributed by atoms with Crippen LogP contribution in [0.2, 0.25) is 0 Å². The Labute approximate surface area is 156 Å². The number of nitrogens with zero attached hydrogens (tertiary/aromatic N) is 3. The summed E-state index contributed by atoms with van der Waals surface area (Å²) in [7, 11) is 0. The highest BCUT2D eigenvalue weighted by atomic mass is 32.2. The fourth-order valence-corrected chi connectivity index (χ4v) is 5.27. The summed E-state index contributed by atoms with van der Waals surface area (Å²) in [6, 6.07) is 7.69. The second-order valence-electron chi connectivity index (χ2n) is 7.50. The molecule has 3 fully saturated rings. The van der Waals surface area contributed by atoms with Crippen LogP contribution in [-0.4, -0.2) is 50.6 Å². The molecule has 1 aliphatic carbocycles. The van der Waals surface area contributed by atoms with E-state index in [9.17, 15) is 4.79 Å². The third kappa shape index (κ3) is 3.14. The first kappa shape index (κ1) is 16.3. The highest BCUT2D eigenvalue weighted by molar-refractivity contribution is 8.01. The molecule has 7 heteroatoms. The van der Waals surface area contributed by atoms with E-state index in [4.69, 9.17) is 9.26 Å². The zero-order valence-corrected chi connectivity index (χ0v) is 15.3. The van der Waals surface area contributed by atoms with Crippen molar-refractivity contribution in [1.82, 2.24) is 15.0 Å². The fourth-order valence-electron chi connectivity index (χ4n) is 3.72. The van der Waals surface area contributed by atoms with Gasteiger partial charge in [0.25, 0.3) is 5.91 Å². The molecule has 2 saturated heterocycles. The maximum absolute atomic E-state index is 12.6. The Kier molecular flexibility index (Phi) is 4.01. The lowest BCUT2D eigenvalue weighted by Gasteiger charge is -2.47. The van der Waals surface area contributed by atoms with Gasteiger partial charge in [0.2, 0.25) is 0 Å². The fraction of sp³-hybridized carbons (Fsp3) is 0.526. The summed E-state index contributed by atoms with van der Waals surface area (Å²) >= 11 is 1.93. The van der Waals surface area contributed by atoms with E-state index in [2.05, 4.69) is 10.1 Å². The predicted octanol–water partition coefficient (Wildman–Crippen LogP) is 2.86. The molecule has 6 nitrogen and oxygen atoms in total. The van der Waals surface area contributed by atoms with Gasteiger partial charge in [-0.15, -0.1) is 11.8 Å². The molecule has 0 N–H and O–H groups in total. The summed E-state index contributed by atoms with van der Waals surface area (Å²) in [5, 5.41) is 3.97. The van der Waals surface area contributed by atoms with Gasteiger partial charge in [0, 0.05) is 37.0 Å². The molecule has 2 aliphatic heterocycles. The van der Waals surface area contributed by atoms with Gasteiger partial charge in [0.1, 0.15) is 5.76 Å². The van der Waals surface area contributed by atoms with Crippen LogP contribution in [0.1, 0.15) is 47.1 Å². The maximum Gasteiger partial charge on any atom is 0.276 e. The van der Waals surface area contributed by atoms with Crippen molar-refractivity contribution in [3.05, 3.63) is 47.6 Å². The summed E-state index contributed by atoms with van der Waals surface area (Å²) < 4.78 is 11.5. The van der Waals surface area contributed by atoms with Crippen LogP contribution >= 0.6 is 11.8 Å². The average molecular weight is 371 g/mol. The van der Waals surface area contributed by atoms with Gasteiger partial charge in [-0.25, -0.2) is 0 Å². The second kappa shape index (κ2) is 6.39. The smallest absolute Gasteiger partial charge is 0.276 e. The number of pyridine rings is 1. The molecule has 2 aromatic rings. The number of aromatic nitrogens is 2. The van der Waals surface area contributed by atoms with Crippen molar-refractivity contribution < 1.29 is 14.1 Å². The molecule has 2 aromatic heterocycles. The van der Waals surface area contributed by atoms with Gasteiger partial charge in [-0.3, -0.25) is 9.78 Å². The summed E-state index contributed by atoms with van der Waals surface area (Å²) in [6.07, 6.45) is 5.30. The SMILES string of the molecule is O=C(c1cc(C2CC2)on1)N1CC2(C[C@H](OCc3ccccn3)CS2)C1. The Morgan fingerprint density at radius 2 is 2.27 bits per heavy atom. The van der Waals surface area contributed by atoms with Crippen molar-refractivity contribution in [2.45, 2.75) is 42.6 Å². The minimum Gasteiger partial charge on any atom is -0.371 e. The van der Waals surface area contributed by atoms with Crippen molar-refractivity contribution in [3.63, 3.8) is 0 Å². The predicted molar refractivity (Wildman–Crippen MR) is 97.0 cm³/mol. The normalized spacial score (nSPS) is 24.0. The first-order chi connectivity index (χ1) is 12.7. The minimum absolute atomic E-state index is 0.00951. The Morgan fingerprint density at radius 3 is 3.04 bits per heavy atom. The molecular weight excluding hydrogens is 350 g/mol. The van der Waals surface area contributed by atoms with Gasteiger partial charge in [-0.1, -0.05) is 11.2 Å². The molecule has 0 bridgehead atoms. The highest BCUT2D eigenvalue weighted by Crippen LogP contribution is 2.46. The van der Waals surface area contributed by atoms with Gasteiger partial charge < -0.3 is 14.2 Å². The molecule has 26 heavy (non-hydrogen) atoms. The number of hydrogen-bond acceptors (Lipinski definition) is 6. The van der Waals surface area contributed by atoms with E-state index in [0.717, 1.165) is 49.6 Å². The van der Waals surface area contributed by atoms with Crippen molar-refractivity contribution in [1.29, 1.82) is 0 Å². The van der Waals surface area contributed by atoms with Gasteiger partial charge >= 0.3 is 0 Å². The molecular formula is C19H21N3O3S. The van der Waals surface area contributed by atoms with E-state index in [1.165, 1.54) is 0 Å². The van der Waals surface area contributed by atoms with Crippen molar-refractivity contribution in [2.24, 2.45) is 0 Å². The van der Waals surface area contributed by atoms with Crippen LogP contribution in [-0.2, 0) is 11.3 Å². The van der Waals surface area contributed by atoms with Crippen LogP contribution in [0.25, 0.3) is 0 Å². The monoisotopic (exact) mass is 371 g/mol. The average Bonchev–Trinajstić information content (AvgIpc) is 3.20. The summed E-state index contributed by atoms with van der Waals surface area (Å²) in [6.45, 7) is 2.09. The van der Waals surface area contributed by atoms with Gasteiger partial charge in [-0.2, -0.15) is 0 Å². The highest BCUT2D eigenvalue weighted by Gasteiger charge is 2.51. The van der Waals surface area contributed by atoms with Crippen LogP contribution in [0.15, 0.2) is 35.0 Å². The number of thioether (sulfide) groups is 1. The zero-order valence-electron chi connectivity index (χ0n) is 14.5. The molecule has 1 spiro atoms. The Balaban J connectivity index is 1.13. The van der Waals surface area contributed by atoms with Crippen LogP contribution in [0, 0.1) is 0 Å². The second-order valence-corrected chi connectivity index (χ2v) is 8.99. The number of likely N-dealkylation sites (tertiary alicyclic amines) is 1. The number of ether oxygens (including phenoxy) is 1. The van der Waals surface area contributed by atoms with Gasteiger partial charge in [0.05, 0.1) is 23.2 Å². The van der Waals surface area contributed by atoms with Crippen molar-refractivity contribution in [3.8, 4) is 0 Å².